The number of nitrogens with one attached hydrogen (secondary N) is 1. The molecule has 1 atom stereocenters. The molecule has 0 bridgehead atoms. The fraction of sp³-hybridized carbons (Fsp3) is 0.588. The van der Waals surface area contributed by atoms with Gasteiger partial charge in [0.15, 0.2) is 0 Å². The molecule has 5 nitrogen and oxygen atoms in total. The van der Waals surface area contributed by atoms with Crippen LogP contribution in [0.1, 0.15) is 38.8 Å². The first-order valence-corrected chi connectivity index (χ1v) is 7.56. The van der Waals surface area contributed by atoms with Crippen LogP contribution in [0.15, 0.2) is 24.3 Å². The second-order valence-corrected chi connectivity index (χ2v) is 6.61. The van der Waals surface area contributed by atoms with Crippen LogP contribution in [0.25, 0.3) is 0 Å². The second kappa shape index (κ2) is 8.15. The number of carbonyl (C=O) groups excluding carboxylic acids is 1. The number of aliphatic hydroxyl groups is 1. The van der Waals surface area contributed by atoms with E-state index < -0.39 is 6.10 Å². The lowest BCUT2D eigenvalue weighted by molar-refractivity contribution is -0.0149. The number of amides is 2. The van der Waals surface area contributed by atoms with Crippen molar-refractivity contribution in [1.82, 2.24) is 10.2 Å². The molecule has 2 amide bonds. The maximum Gasteiger partial charge on any atom is 0.317 e. The summed E-state index contributed by atoms with van der Waals surface area (Å²) in [6, 6.07) is 7.77. The van der Waals surface area contributed by atoms with E-state index >= 15 is 0 Å². The van der Waals surface area contributed by atoms with Crippen molar-refractivity contribution < 1.29 is 14.6 Å². The molecule has 1 aromatic rings. The number of aliphatic hydroxyl groups excluding tert-OH is 1. The molecule has 0 saturated heterocycles. The largest absolute Gasteiger partial charge is 0.392 e. The summed E-state index contributed by atoms with van der Waals surface area (Å²) >= 11 is 0. The molecule has 0 radical (unpaired) electrons. The lowest BCUT2D eigenvalue weighted by atomic mass is 10.1. The highest BCUT2D eigenvalue weighted by Crippen LogP contribution is 2.13. The van der Waals surface area contributed by atoms with E-state index in [1.165, 1.54) is 4.90 Å². The Morgan fingerprint density at radius 2 is 2.00 bits per heavy atom. The SMILES string of the molecule is CC(O)CN(C)C(=O)NCc1cccc(COC(C)(C)C)c1. The summed E-state index contributed by atoms with van der Waals surface area (Å²) < 4.78 is 5.75. The summed E-state index contributed by atoms with van der Waals surface area (Å²) in [5, 5.41) is 12.1. The van der Waals surface area contributed by atoms with E-state index in [1.54, 1.807) is 14.0 Å². The van der Waals surface area contributed by atoms with Crippen LogP contribution in [-0.4, -0.2) is 41.3 Å². The zero-order chi connectivity index (χ0) is 16.8. The van der Waals surface area contributed by atoms with Gasteiger partial charge in [-0.2, -0.15) is 0 Å². The van der Waals surface area contributed by atoms with E-state index in [0.717, 1.165) is 11.1 Å². The van der Waals surface area contributed by atoms with Crippen molar-refractivity contribution in [3.8, 4) is 0 Å². The van der Waals surface area contributed by atoms with Gasteiger partial charge >= 0.3 is 6.03 Å². The minimum Gasteiger partial charge on any atom is -0.392 e. The number of benzene rings is 1. The molecule has 0 aliphatic rings. The van der Waals surface area contributed by atoms with Gasteiger partial charge in [0, 0.05) is 20.1 Å². The van der Waals surface area contributed by atoms with Crippen LogP contribution in [0, 0.1) is 0 Å². The molecule has 124 valence electrons. The lowest BCUT2D eigenvalue weighted by Gasteiger charge is -2.20. The Hall–Kier alpha value is -1.59. The molecule has 0 aliphatic carbocycles. The monoisotopic (exact) mass is 308 g/mol. The summed E-state index contributed by atoms with van der Waals surface area (Å²) in [5.74, 6) is 0. The van der Waals surface area contributed by atoms with E-state index in [0.29, 0.717) is 19.7 Å². The Kier molecular flexibility index (Phi) is 6.84. The van der Waals surface area contributed by atoms with Gasteiger partial charge in [-0.15, -0.1) is 0 Å². The standard InChI is InChI=1S/C17H28N2O3/c1-13(20)11-19(5)16(21)18-10-14-7-6-8-15(9-14)12-22-17(2,3)4/h6-9,13,20H,10-12H2,1-5H3,(H,18,21). The highest BCUT2D eigenvalue weighted by atomic mass is 16.5. The third-order valence-corrected chi connectivity index (χ3v) is 2.99. The number of rotatable bonds is 6. The zero-order valence-electron chi connectivity index (χ0n) is 14.2. The number of hydrogen-bond acceptors (Lipinski definition) is 3. The third kappa shape index (κ3) is 7.43. The molecule has 0 fully saturated rings. The van der Waals surface area contributed by atoms with E-state index in [-0.39, 0.29) is 11.6 Å². The number of ether oxygens (including phenoxy) is 1. The number of nitrogens with zero attached hydrogens (tertiary/aromatic N) is 1. The highest BCUT2D eigenvalue weighted by Gasteiger charge is 2.11. The summed E-state index contributed by atoms with van der Waals surface area (Å²) in [7, 11) is 1.66. The van der Waals surface area contributed by atoms with Gasteiger partial charge in [0.05, 0.1) is 18.3 Å². The summed E-state index contributed by atoms with van der Waals surface area (Å²) in [6.07, 6.45) is -0.534. The number of likely N-dealkylation sites (N-methyl/N-ethyl adjacent to an activating group) is 1. The van der Waals surface area contributed by atoms with Crippen LogP contribution >= 0.6 is 0 Å². The molecule has 1 unspecified atom stereocenters. The van der Waals surface area contributed by atoms with Gasteiger partial charge in [0.25, 0.3) is 0 Å². The maximum absolute atomic E-state index is 11.9. The van der Waals surface area contributed by atoms with E-state index in [9.17, 15) is 9.90 Å². The predicted octanol–water partition coefficient (Wildman–Crippen LogP) is 2.52. The van der Waals surface area contributed by atoms with E-state index in [2.05, 4.69) is 5.32 Å². The Morgan fingerprint density at radius 1 is 1.36 bits per heavy atom. The minimum atomic E-state index is -0.534. The van der Waals surface area contributed by atoms with Crippen molar-refractivity contribution in [3.05, 3.63) is 35.4 Å². The Labute approximate surface area is 133 Å². The zero-order valence-corrected chi connectivity index (χ0v) is 14.2. The predicted molar refractivity (Wildman–Crippen MR) is 87.5 cm³/mol. The molecular weight excluding hydrogens is 280 g/mol. The van der Waals surface area contributed by atoms with Gasteiger partial charge < -0.3 is 20.1 Å². The average molecular weight is 308 g/mol. The van der Waals surface area contributed by atoms with Gasteiger partial charge in [-0.05, 0) is 38.8 Å². The quantitative estimate of drug-likeness (QED) is 0.849. The Bertz CT molecular complexity index is 481. The highest BCUT2D eigenvalue weighted by molar-refractivity contribution is 5.73. The van der Waals surface area contributed by atoms with Crippen molar-refractivity contribution >= 4 is 6.03 Å². The number of urea groups is 1. The first-order valence-electron chi connectivity index (χ1n) is 7.56. The summed E-state index contributed by atoms with van der Waals surface area (Å²) in [4.78, 5) is 13.3. The molecule has 0 spiro atoms. The third-order valence-electron chi connectivity index (χ3n) is 2.99. The minimum absolute atomic E-state index is 0.173. The molecule has 5 heteroatoms. The molecule has 0 aliphatic heterocycles. The van der Waals surface area contributed by atoms with Gasteiger partial charge in [-0.3, -0.25) is 0 Å². The molecule has 0 saturated carbocycles. The van der Waals surface area contributed by atoms with Gasteiger partial charge in [-0.25, -0.2) is 4.79 Å². The fourth-order valence-corrected chi connectivity index (χ4v) is 1.92. The number of hydrogen-bond donors (Lipinski definition) is 2. The molecule has 1 rings (SSSR count). The van der Waals surface area contributed by atoms with Gasteiger partial charge in [0.2, 0.25) is 0 Å². The van der Waals surface area contributed by atoms with E-state index in [4.69, 9.17) is 4.74 Å². The molecule has 2 N–H and O–H groups in total. The smallest absolute Gasteiger partial charge is 0.317 e. The van der Waals surface area contributed by atoms with Crippen molar-refractivity contribution in [1.29, 1.82) is 0 Å². The van der Waals surface area contributed by atoms with Crippen LogP contribution < -0.4 is 5.32 Å². The average Bonchev–Trinajstić information content (AvgIpc) is 2.41. The van der Waals surface area contributed by atoms with Crippen LogP contribution in [0.3, 0.4) is 0 Å². The van der Waals surface area contributed by atoms with Gasteiger partial charge in [-0.1, -0.05) is 24.3 Å². The van der Waals surface area contributed by atoms with Crippen molar-refractivity contribution in [2.24, 2.45) is 0 Å². The van der Waals surface area contributed by atoms with Crippen molar-refractivity contribution in [2.75, 3.05) is 13.6 Å². The summed E-state index contributed by atoms with van der Waals surface area (Å²) in [5.41, 5.74) is 1.93. The van der Waals surface area contributed by atoms with Crippen molar-refractivity contribution in [3.63, 3.8) is 0 Å². The fourth-order valence-electron chi connectivity index (χ4n) is 1.92. The van der Waals surface area contributed by atoms with E-state index in [1.807, 2.05) is 45.0 Å². The molecular formula is C17H28N2O3. The Balaban J connectivity index is 2.51. The lowest BCUT2D eigenvalue weighted by Crippen LogP contribution is -2.40. The summed E-state index contributed by atoms with van der Waals surface area (Å²) in [6.45, 7) is 9.03. The van der Waals surface area contributed by atoms with Crippen LogP contribution in [-0.2, 0) is 17.9 Å². The van der Waals surface area contributed by atoms with Crippen molar-refractivity contribution in [2.45, 2.75) is 52.6 Å². The first-order chi connectivity index (χ1) is 10.2. The molecule has 0 heterocycles. The second-order valence-electron chi connectivity index (χ2n) is 6.61. The maximum atomic E-state index is 11.9. The molecule has 22 heavy (non-hydrogen) atoms. The van der Waals surface area contributed by atoms with Gasteiger partial charge in [0.1, 0.15) is 0 Å². The van der Waals surface area contributed by atoms with Crippen LogP contribution in [0.2, 0.25) is 0 Å². The van der Waals surface area contributed by atoms with Crippen LogP contribution in [0.4, 0.5) is 4.79 Å². The topological polar surface area (TPSA) is 61.8 Å². The molecule has 0 aromatic heterocycles. The first kappa shape index (κ1) is 18.5. The number of carbonyl (C=O) groups is 1. The Morgan fingerprint density at radius 3 is 2.59 bits per heavy atom. The molecule has 1 aromatic carbocycles. The normalized spacial score (nSPS) is 12.8. The van der Waals surface area contributed by atoms with Crippen LogP contribution in [0.5, 0.6) is 0 Å².